The summed E-state index contributed by atoms with van der Waals surface area (Å²) >= 11 is 5.10. The number of urea groups is 1. The van der Waals surface area contributed by atoms with E-state index in [2.05, 4.69) is 26.6 Å². The number of carbonyl (C=O) groups is 1. The fourth-order valence-electron chi connectivity index (χ4n) is 1.88. The average Bonchev–Trinajstić information content (AvgIpc) is 2.79. The Morgan fingerprint density at radius 2 is 2.37 bits per heavy atom. The molecule has 1 unspecified atom stereocenters. The number of aryl methyl sites for hydroxylation is 1. The van der Waals surface area contributed by atoms with Gasteiger partial charge in [-0.1, -0.05) is 6.07 Å². The number of anilines is 1. The molecule has 0 saturated carbocycles. The summed E-state index contributed by atoms with van der Waals surface area (Å²) in [4.78, 5) is 11.8. The summed E-state index contributed by atoms with van der Waals surface area (Å²) in [6, 6.07) is 5.46. The van der Waals surface area contributed by atoms with Crippen molar-refractivity contribution in [2.45, 2.75) is 18.9 Å². The Bertz CT molecular complexity index is 476. The van der Waals surface area contributed by atoms with E-state index in [1.54, 1.807) is 11.8 Å². The Hall–Kier alpha value is -0.720. The van der Waals surface area contributed by atoms with E-state index in [1.165, 1.54) is 0 Å². The molecule has 1 atom stereocenters. The molecule has 3 N–H and O–H groups in total. The molecule has 0 bridgehead atoms. The molecule has 19 heavy (non-hydrogen) atoms. The minimum Gasteiger partial charge on any atom is -0.387 e. The Balaban J connectivity index is 1.89. The van der Waals surface area contributed by atoms with Gasteiger partial charge in [0.1, 0.15) is 0 Å². The van der Waals surface area contributed by atoms with Crippen molar-refractivity contribution in [1.29, 1.82) is 0 Å². The van der Waals surface area contributed by atoms with Gasteiger partial charge in [-0.05, 0) is 52.7 Å². The molecule has 1 aromatic rings. The molecular weight excluding hydrogens is 328 g/mol. The van der Waals surface area contributed by atoms with Gasteiger partial charge in [-0.15, -0.1) is 0 Å². The molecular formula is C13H17BrN2O2S. The van der Waals surface area contributed by atoms with Gasteiger partial charge < -0.3 is 15.7 Å². The smallest absolute Gasteiger partial charge is 0.319 e. The summed E-state index contributed by atoms with van der Waals surface area (Å²) in [5.41, 5.74) is 1.04. The molecule has 2 amide bonds. The minimum absolute atomic E-state index is 0.287. The first-order valence-electron chi connectivity index (χ1n) is 6.10. The van der Waals surface area contributed by atoms with Crippen molar-refractivity contribution in [3.05, 3.63) is 28.2 Å². The normalized spacial score (nSPS) is 22.3. The van der Waals surface area contributed by atoms with E-state index in [9.17, 15) is 9.90 Å². The third-order valence-corrected chi connectivity index (χ3v) is 4.96. The monoisotopic (exact) mass is 344 g/mol. The van der Waals surface area contributed by atoms with Crippen molar-refractivity contribution in [2.75, 3.05) is 23.4 Å². The summed E-state index contributed by atoms with van der Waals surface area (Å²) in [5.74, 6) is 1.63. The van der Waals surface area contributed by atoms with Crippen LogP contribution in [0.4, 0.5) is 10.5 Å². The third-order valence-electron chi connectivity index (χ3n) is 3.03. The van der Waals surface area contributed by atoms with Gasteiger partial charge in [0.05, 0.1) is 11.3 Å². The van der Waals surface area contributed by atoms with Crippen LogP contribution in [0.1, 0.15) is 12.0 Å². The van der Waals surface area contributed by atoms with E-state index in [4.69, 9.17) is 0 Å². The number of halogens is 1. The Morgan fingerprint density at radius 1 is 1.58 bits per heavy atom. The maximum absolute atomic E-state index is 11.8. The Morgan fingerprint density at radius 3 is 3.05 bits per heavy atom. The largest absolute Gasteiger partial charge is 0.387 e. The molecule has 0 aliphatic carbocycles. The van der Waals surface area contributed by atoms with Crippen LogP contribution in [-0.2, 0) is 0 Å². The summed E-state index contributed by atoms with van der Waals surface area (Å²) < 4.78 is 0.836. The lowest BCUT2D eigenvalue weighted by Crippen LogP contribution is -2.44. The van der Waals surface area contributed by atoms with Crippen LogP contribution in [0, 0.1) is 6.92 Å². The Kier molecular flexibility index (Phi) is 4.76. The molecule has 104 valence electrons. The summed E-state index contributed by atoms with van der Waals surface area (Å²) in [6.45, 7) is 2.25. The SMILES string of the molecule is Cc1ccc(Br)c(NC(=O)NCC2(O)CCSC2)c1. The number of thioether (sulfide) groups is 1. The van der Waals surface area contributed by atoms with Crippen LogP contribution in [-0.4, -0.2) is 34.8 Å². The van der Waals surface area contributed by atoms with Crippen LogP contribution >= 0.6 is 27.7 Å². The van der Waals surface area contributed by atoms with E-state index in [0.717, 1.165) is 27.9 Å². The summed E-state index contributed by atoms with van der Waals surface area (Å²) in [5, 5.41) is 15.6. The first kappa shape index (κ1) is 14.7. The zero-order chi connectivity index (χ0) is 13.9. The molecule has 2 rings (SSSR count). The molecule has 1 aliphatic heterocycles. The summed E-state index contributed by atoms with van der Waals surface area (Å²) in [7, 11) is 0. The van der Waals surface area contributed by atoms with Gasteiger partial charge >= 0.3 is 6.03 Å². The zero-order valence-corrected chi connectivity index (χ0v) is 13.1. The van der Waals surface area contributed by atoms with E-state index in [1.807, 2.05) is 25.1 Å². The molecule has 1 heterocycles. The number of benzene rings is 1. The molecule has 1 aliphatic rings. The number of aliphatic hydroxyl groups is 1. The van der Waals surface area contributed by atoms with E-state index in [0.29, 0.717) is 5.75 Å². The van der Waals surface area contributed by atoms with Gasteiger partial charge in [0.2, 0.25) is 0 Å². The number of rotatable bonds is 3. The standard InChI is InChI=1S/C13H17BrN2O2S/c1-9-2-3-10(14)11(6-9)16-12(17)15-7-13(18)4-5-19-8-13/h2-3,6,18H,4-5,7-8H2,1H3,(H2,15,16,17). The van der Waals surface area contributed by atoms with Crippen molar-refractivity contribution in [3.63, 3.8) is 0 Å². The molecule has 0 aromatic heterocycles. The van der Waals surface area contributed by atoms with Crippen molar-refractivity contribution in [2.24, 2.45) is 0 Å². The van der Waals surface area contributed by atoms with Crippen LogP contribution in [0.15, 0.2) is 22.7 Å². The highest BCUT2D eigenvalue weighted by Crippen LogP contribution is 2.27. The second kappa shape index (κ2) is 6.15. The van der Waals surface area contributed by atoms with Gasteiger partial charge in [-0.25, -0.2) is 4.79 Å². The second-order valence-corrected chi connectivity index (χ2v) is 6.78. The predicted molar refractivity (Wildman–Crippen MR) is 82.8 cm³/mol. The number of amides is 2. The maximum atomic E-state index is 11.8. The molecule has 4 nitrogen and oxygen atoms in total. The average molecular weight is 345 g/mol. The van der Waals surface area contributed by atoms with Crippen molar-refractivity contribution in [3.8, 4) is 0 Å². The highest BCUT2D eigenvalue weighted by molar-refractivity contribution is 9.10. The lowest BCUT2D eigenvalue weighted by atomic mass is 10.0. The lowest BCUT2D eigenvalue weighted by Gasteiger charge is -2.21. The van der Waals surface area contributed by atoms with Crippen molar-refractivity contribution >= 4 is 39.4 Å². The van der Waals surface area contributed by atoms with Crippen LogP contribution in [0.3, 0.4) is 0 Å². The topological polar surface area (TPSA) is 61.4 Å². The molecule has 1 saturated heterocycles. The second-order valence-electron chi connectivity index (χ2n) is 4.82. The highest BCUT2D eigenvalue weighted by Gasteiger charge is 2.31. The fourth-order valence-corrected chi connectivity index (χ4v) is 3.52. The number of nitrogens with one attached hydrogen (secondary N) is 2. The predicted octanol–water partition coefficient (Wildman–Crippen LogP) is 2.75. The van der Waals surface area contributed by atoms with Crippen LogP contribution < -0.4 is 10.6 Å². The maximum Gasteiger partial charge on any atom is 0.319 e. The number of hydrogen-bond donors (Lipinski definition) is 3. The van der Waals surface area contributed by atoms with Crippen LogP contribution in [0.25, 0.3) is 0 Å². The van der Waals surface area contributed by atoms with Crippen molar-refractivity contribution in [1.82, 2.24) is 5.32 Å². The first-order chi connectivity index (χ1) is 8.98. The number of carbonyl (C=O) groups excluding carboxylic acids is 1. The quantitative estimate of drug-likeness (QED) is 0.789. The Labute approximate surface area is 125 Å². The highest BCUT2D eigenvalue weighted by atomic mass is 79.9. The summed E-state index contributed by atoms with van der Waals surface area (Å²) in [6.07, 6.45) is 0.728. The van der Waals surface area contributed by atoms with E-state index in [-0.39, 0.29) is 12.6 Å². The number of hydrogen-bond acceptors (Lipinski definition) is 3. The first-order valence-corrected chi connectivity index (χ1v) is 8.04. The lowest BCUT2D eigenvalue weighted by molar-refractivity contribution is 0.0706. The fraction of sp³-hybridized carbons (Fsp3) is 0.462. The van der Waals surface area contributed by atoms with Gasteiger partial charge in [-0.2, -0.15) is 11.8 Å². The molecule has 0 radical (unpaired) electrons. The van der Waals surface area contributed by atoms with E-state index < -0.39 is 5.60 Å². The molecule has 0 spiro atoms. The van der Waals surface area contributed by atoms with Gasteiger partial charge in [-0.3, -0.25) is 0 Å². The third kappa shape index (κ3) is 4.12. The van der Waals surface area contributed by atoms with Gasteiger partial charge in [0, 0.05) is 16.8 Å². The molecule has 1 fully saturated rings. The van der Waals surface area contributed by atoms with Crippen molar-refractivity contribution < 1.29 is 9.90 Å². The van der Waals surface area contributed by atoms with Crippen LogP contribution in [0.5, 0.6) is 0 Å². The molecule has 6 heteroatoms. The van der Waals surface area contributed by atoms with Crippen LogP contribution in [0.2, 0.25) is 0 Å². The molecule has 1 aromatic carbocycles. The van der Waals surface area contributed by atoms with E-state index >= 15 is 0 Å². The zero-order valence-electron chi connectivity index (χ0n) is 10.7. The minimum atomic E-state index is -0.758. The van der Waals surface area contributed by atoms with Gasteiger partial charge in [0.15, 0.2) is 0 Å². The van der Waals surface area contributed by atoms with Gasteiger partial charge in [0.25, 0.3) is 0 Å².